The van der Waals surface area contributed by atoms with Crippen molar-refractivity contribution >= 4 is 23.7 Å². The van der Waals surface area contributed by atoms with Crippen LogP contribution in [0.25, 0.3) is 0 Å². The molecule has 5 amide bonds. The molecule has 9 nitrogen and oxygen atoms in total. The highest BCUT2D eigenvalue weighted by Gasteiger charge is 2.35. The highest BCUT2D eigenvalue weighted by molar-refractivity contribution is 5.91. The molecule has 2 N–H and O–H groups in total. The van der Waals surface area contributed by atoms with Crippen LogP contribution in [0, 0.1) is 0 Å². The number of rotatable bonds is 8. The van der Waals surface area contributed by atoms with Crippen molar-refractivity contribution < 1.29 is 14.4 Å². The number of carbonyl (C=O) groups is 3. The van der Waals surface area contributed by atoms with E-state index in [9.17, 15) is 14.4 Å². The van der Waals surface area contributed by atoms with E-state index in [-0.39, 0.29) is 24.0 Å². The van der Waals surface area contributed by atoms with Gasteiger partial charge in [0, 0.05) is 56.9 Å². The lowest BCUT2D eigenvalue weighted by molar-refractivity contribution is -0.134. The number of amides is 5. The SMILES string of the molecule is CCc1ccc(C[C@@H](NC(=O)N2CCC(N3CCc4ccccc4NC3=O)CC2)C(=O)N2CCC(N3CCCCCC3)CC2)cc1CC. The van der Waals surface area contributed by atoms with Crippen molar-refractivity contribution in [3.8, 4) is 0 Å². The van der Waals surface area contributed by atoms with Gasteiger partial charge in [0.15, 0.2) is 0 Å². The topological polar surface area (TPSA) is 88.2 Å². The van der Waals surface area contributed by atoms with Gasteiger partial charge in [-0.05, 0) is 99.2 Å². The molecule has 9 heteroatoms. The molecule has 4 heterocycles. The van der Waals surface area contributed by atoms with Crippen LogP contribution in [0.15, 0.2) is 42.5 Å². The maximum absolute atomic E-state index is 14.2. The second-order valence-electron chi connectivity index (χ2n) is 14.3. The molecule has 260 valence electrons. The van der Waals surface area contributed by atoms with E-state index in [4.69, 9.17) is 0 Å². The van der Waals surface area contributed by atoms with Crippen LogP contribution in [0.2, 0.25) is 0 Å². The molecule has 0 aromatic heterocycles. The number of urea groups is 2. The second kappa shape index (κ2) is 16.2. The van der Waals surface area contributed by atoms with Crippen molar-refractivity contribution in [2.24, 2.45) is 0 Å². The number of piperidine rings is 2. The van der Waals surface area contributed by atoms with Gasteiger partial charge >= 0.3 is 12.1 Å². The molecular weight excluding hydrogens is 600 g/mol. The van der Waals surface area contributed by atoms with E-state index in [1.165, 1.54) is 49.9 Å². The summed E-state index contributed by atoms with van der Waals surface area (Å²) in [6.07, 6.45) is 11.9. The number of fused-ring (bicyclic) bond motifs is 1. The molecule has 3 fully saturated rings. The van der Waals surface area contributed by atoms with Gasteiger partial charge in [0.05, 0.1) is 0 Å². The van der Waals surface area contributed by atoms with Crippen molar-refractivity contribution in [3.05, 3.63) is 64.7 Å². The number of anilines is 1. The Kier molecular flexibility index (Phi) is 11.6. The Morgan fingerprint density at radius 2 is 1.46 bits per heavy atom. The first-order chi connectivity index (χ1) is 23.4. The van der Waals surface area contributed by atoms with E-state index >= 15 is 0 Å². The first-order valence-corrected chi connectivity index (χ1v) is 18.8. The maximum atomic E-state index is 14.2. The van der Waals surface area contributed by atoms with Crippen molar-refractivity contribution in [3.63, 3.8) is 0 Å². The Hall–Kier alpha value is -3.59. The largest absolute Gasteiger partial charge is 0.341 e. The third-order valence-corrected chi connectivity index (χ3v) is 11.3. The molecule has 0 spiro atoms. The molecule has 2 aromatic carbocycles. The fourth-order valence-corrected chi connectivity index (χ4v) is 8.41. The average molecular weight is 657 g/mol. The van der Waals surface area contributed by atoms with Gasteiger partial charge in [-0.25, -0.2) is 9.59 Å². The van der Waals surface area contributed by atoms with Crippen LogP contribution in [0.4, 0.5) is 15.3 Å². The number of likely N-dealkylation sites (tertiary alicyclic amines) is 3. The van der Waals surface area contributed by atoms with Crippen molar-refractivity contribution in [2.45, 2.75) is 109 Å². The summed E-state index contributed by atoms with van der Waals surface area (Å²) < 4.78 is 0. The molecule has 4 aliphatic heterocycles. The smallest absolute Gasteiger partial charge is 0.322 e. The molecular formula is C39H56N6O3. The minimum Gasteiger partial charge on any atom is -0.341 e. The van der Waals surface area contributed by atoms with Crippen LogP contribution >= 0.6 is 0 Å². The van der Waals surface area contributed by atoms with Crippen LogP contribution in [0.5, 0.6) is 0 Å². The van der Waals surface area contributed by atoms with Gasteiger partial charge in [-0.2, -0.15) is 0 Å². The molecule has 0 unspecified atom stereocenters. The van der Waals surface area contributed by atoms with E-state index in [2.05, 4.69) is 53.6 Å². The van der Waals surface area contributed by atoms with E-state index < -0.39 is 6.04 Å². The van der Waals surface area contributed by atoms with Crippen LogP contribution < -0.4 is 10.6 Å². The highest BCUT2D eigenvalue weighted by Crippen LogP contribution is 2.26. The Balaban J connectivity index is 1.09. The summed E-state index contributed by atoms with van der Waals surface area (Å²) in [5.74, 6) is 0.0333. The molecule has 6 rings (SSSR count). The summed E-state index contributed by atoms with van der Waals surface area (Å²) in [7, 11) is 0. The molecule has 48 heavy (non-hydrogen) atoms. The molecule has 2 aromatic rings. The Labute approximate surface area is 287 Å². The molecule has 1 atom stereocenters. The standard InChI is InChI=1S/C39H56N6O3/c1-3-30-14-13-29(27-31(30)4-2)28-36(37(46)43-22-16-33(17-23-43)42-20-9-5-6-10-21-42)41-38(47)44-24-18-34(19-25-44)45-26-15-32-11-7-8-12-35(32)40-39(45)48/h7-8,11-14,27,33-34,36H,3-6,9-10,15-26,28H2,1-2H3,(H,40,48)(H,41,47)/t36-/m1/s1. The van der Waals surface area contributed by atoms with E-state index in [0.717, 1.165) is 74.8 Å². The summed E-state index contributed by atoms with van der Waals surface area (Å²) in [5.41, 5.74) is 5.79. The lowest BCUT2D eigenvalue weighted by Crippen LogP contribution is -2.57. The summed E-state index contributed by atoms with van der Waals surface area (Å²) in [6.45, 7) is 9.98. The number of hydrogen-bond acceptors (Lipinski definition) is 4. The maximum Gasteiger partial charge on any atom is 0.322 e. The second-order valence-corrected chi connectivity index (χ2v) is 14.3. The Bertz CT molecular complexity index is 1410. The third kappa shape index (κ3) is 8.16. The zero-order valence-electron chi connectivity index (χ0n) is 29.2. The van der Waals surface area contributed by atoms with Gasteiger partial charge in [0.2, 0.25) is 5.91 Å². The highest BCUT2D eigenvalue weighted by atomic mass is 16.2. The zero-order chi connectivity index (χ0) is 33.5. The number of aryl methyl sites for hydroxylation is 2. The number of carbonyl (C=O) groups excluding carboxylic acids is 3. The molecule has 3 saturated heterocycles. The van der Waals surface area contributed by atoms with Gasteiger partial charge in [-0.1, -0.05) is 63.1 Å². The molecule has 0 bridgehead atoms. The van der Waals surface area contributed by atoms with E-state index in [1.807, 2.05) is 32.9 Å². The first-order valence-electron chi connectivity index (χ1n) is 18.8. The summed E-state index contributed by atoms with van der Waals surface area (Å²) >= 11 is 0. The van der Waals surface area contributed by atoms with Gasteiger partial charge in [0.1, 0.15) is 6.04 Å². The summed E-state index contributed by atoms with van der Waals surface area (Å²) in [6, 6.07) is 14.3. The molecule has 0 saturated carbocycles. The predicted octanol–water partition coefficient (Wildman–Crippen LogP) is 5.85. The molecule has 0 radical (unpaired) electrons. The van der Waals surface area contributed by atoms with Gasteiger partial charge in [0.25, 0.3) is 0 Å². The Morgan fingerprint density at radius 1 is 0.792 bits per heavy atom. The minimum absolute atomic E-state index is 0.0333. The lowest BCUT2D eigenvalue weighted by atomic mass is 9.95. The van der Waals surface area contributed by atoms with Crippen LogP contribution in [-0.2, 0) is 30.5 Å². The number of nitrogens with one attached hydrogen (secondary N) is 2. The monoisotopic (exact) mass is 656 g/mol. The number of benzene rings is 2. The zero-order valence-corrected chi connectivity index (χ0v) is 29.2. The van der Waals surface area contributed by atoms with Gasteiger partial charge in [-0.15, -0.1) is 0 Å². The van der Waals surface area contributed by atoms with Crippen LogP contribution in [0.3, 0.4) is 0 Å². The Morgan fingerprint density at radius 3 is 2.17 bits per heavy atom. The predicted molar refractivity (Wildman–Crippen MR) is 191 cm³/mol. The fourth-order valence-electron chi connectivity index (χ4n) is 8.41. The van der Waals surface area contributed by atoms with Gasteiger partial charge in [-0.3, -0.25) is 4.79 Å². The van der Waals surface area contributed by atoms with Crippen LogP contribution in [-0.4, -0.2) is 102 Å². The summed E-state index contributed by atoms with van der Waals surface area (Å²) in [4.78, 5) is 49.6. The third-order valence-electron chi connectivity index (χ3n) is 11.3. The molecule has 0 aliphatic carbocycles. The first kappa shape index (κ1) is 34.3. The number of hydrogen-bond donors (Lipinski definition) is 2. The normalized spacial score (nSPS) is 20.8. The quantitative estimate of drug-likeness (QED) is 0.373. The van der Waals surface area contributed by atoms with E-state index in [1.54, 1.807) is 0 Å². The number of nitrogens with zero attached hydrogens (tertiary/aromatic N) is 4. The van der Waals surface area contributed by atoms with Crippen molar-refractivity contribution in [1.82, 2.24) is 24.9 Å². The van der Waals surface area contributed by atoms with Gasteiger partial charge < -0.3 is 30.2 Å². The fraction of sp³-hybridized carbons (Fsp3) is 0.615. The molecule has 4 aliphatic rings. The minimum atomic E-state index is -0.614. The summed E-state index contributed by atoms with van der Waals surface area (Å²) in [5, 5.41) is 6.28. The van der Waals surface area contributed by atoms with Crippen LogP contribution in [0.1, 0.15) is 87.5 Å². The lowest BCUT2D eigenvalue weighted by Gasteiger charge is -2.40. The number of para-hydroxylation sites is 1. The van der Waals surface area contributed by atoms with Crippen molar-refractivity contribution in [2.75, 3.05) is 51.1 Å². The average Bonchev–Trinajstić information content (AvgIpc) is 3.50. The van der Waals surface area contributed by atoms with E-state index in [0.29, 0.717) is 32.1 Å². The van der Waals surface area contributed by atoms with Crippen molar-refractivity contribution in [1.29, 1.82) is 0 Å².